The maximum absolute atomic E-state index is 6.05. The molecule has 4 unspecified atom stereocenters. The Bertz CT molecular complexity index is 556. The molecule has 112 valence electrons. The average Bonchev–Trinajstić information content (AvgIpc) is 2.78. The molecule has 0 spiro atoms. The second kappa shape index (κ2) is 5.29. The van der Waals surface area contributed by atoms with Crippen LogP contribution in [0.5, 0.6) is 0 Å². The monoisotopic (exact) mass is 304 g/mol. The molecular weight excluding hydrogens is 284 g/mol. The van der Waals surface area contributed by atoms with Crippen molar-refractivity contribution < 1.29 is 4.84 Å². The fraction of sp³-hybridized carbons (Fsp3) is 0.588. The molecule has 4 rings (SSSR count). The van der Waals surface area contributed by atoms with E-state index < -0.39 is 0 Å². The van der Waals surface area contributed by atoms with Crippen molar-refractivity contribution in [2.45, 2.75) is 43.7 Å². The Morgan fingerprint density at radius 1 is 1.24 bits per heavy atom. The van der Waals surface area contributed by atoms with Crippen LogP contribution < -0.4 is 0 Å². The number of oxime groups is 1. The molecule has 4 heteroatoms. The van der Waals surface area contributed by atoms with Crippen LogP contribution in [0, 0.1) is 5.92 Å². The third-order valence-corrected chi connectivity index (χ3v) is 5.83. The van der Waals surface area contributed by atoms with Gasteiger partial charge in [-0.15, -0.1) is 0 Å². The van der Waals surface area contributed by atoms with E-state index in [4.69, 9.17) is 16.4 Å². The molecule has 3 aliphatic rings. The molecular formula is C17H21ClN2O. The molecule has 5 atom stereocenters. The highest BCUT2D eigenvalue weighted by Crippen LogP contribution is 2.50. The molecule has 0 radical (unpaired) electrons. The summed E-state index contributed by atoms with van der Waals surface area (Å²) >= 11 is 6.05. The first-order valence-corrected chi connectivity index (χ1v) is 8.27. The lowest BCUT2D eigenvalue weighted by molar-refractivity contribution is 0.0829. The van der Waals surface area contributed by atoms with Crippen molar-refractivity contribution in [2.75, 3.05) is 13.7 Å². The van der Waals surface area contributed by atoms with Crippen LogP contribution in [0.25, 0.3) is 0 Å². The highest BCUT2D eigenvalue weighted by molar-refractivity contribution is 6.30. The van der Waals surface area contributed by atoms with Crippen molar-refractivity contribution in [1.82, 2.24) is 4.90 Å². The summed E-state index contributed by atoms with van der Waals surface area (Å²) in [6, 6.07) is 9.84. The first-order chi connectivity index (χ1) is 10.3. The smallest absolute Gasteiger partial charge is 0.106 e. The quantitative estimate of drug-likeness (QED) is 0.779. The Balaban J connectivity index is 1.73. The largest absolute Gasteiger partial charge is 0.399 e. The molecule has 0 saturated carbocycles. The van der Waals surface area contributed by atoms with E-state index in [9.17, 15) is 0 Å². The lowest BCUT2D eigenvalue weighted by Crippen LogP contribution is -2.55. The van der Waals surface area contributed by atoms with Gasteiger partial charge in [0.15, 0.2) is 0 Å². The van der Waals surface area contributed by atoms with Gasteiger partial charge in [0, 0.05) is 36.0 Å². The highest BCUT2D eigenvalue weighted by Gasteiger charge is 2.51. The topological polar surface area (TPSA) is 24.8 Å². The second-order valence-corrected chi connectivity index (χ2v) is 6.91. The zero-order chi connectivity index (χ0) is 14.4. The minimum atomic E-state index is 0.513. The standard InChI is InChI=1S/C17H21ClN2O/c1-21-19-15-8-9-20-13-6-7-16(20)17(15)14(10-13)11-2-4-12(18)5-3-11/h2-5,13-14,16-17H,6-10H2,1H3/b19-15+/t13?,14-,16?,17?/m1/s1. The van der Waals surface area contributed by atoms with Gasteiger partial charge in [-0.05, 0) is 42.9 Å². The van der Waals surface area contributed by atoms with E-state index in [0.29, 0.717) is 17.9 Å². The fourth-order valence-electron chi connectivity index (χ4n) is 4.80. The SMILES string of the molecule is CO/N=C1\CCN2C3CCC2C1[C@@H](c1ccc(Cl)cc1)C3. The van der Waals surface area contributed by atoms with Crippen LogP contribution in [0.4, 0.5) is 0 Å². The number of rotatable bonds is 2. The van der Waals surface area contributed by atoms with Crippen molar-refractivity contribution in [2.24, 2.45) is 11.1 Å². The summed E-state index contributed by atoms with van der Waals surface area (Å²) in [6.07, 6.45) is 4.94. The predicted octanol–water partition coefficient (Wildman–Crippen LogP) is 3.68. The molecule has 3 saturated heterocycles. The summed E-state index contributed by atoms with van der Waals surface area (Å²) in [4.78, 5) is 7.86. The van der Waals surface area contributed by atoms with E-state index in [1.165, 1.54) is 30.5 Å². The van der Waals surface area contributed by atoms with Crippen LogP contribution in [0.1, 0.15) is 37.2 Å². The van der Waals surface area contributed by atoms with Crippen LogP contribution in [0.15, 0.2) is 29.4 Å². The normalized spacial score (nSPS) is 39.5. The fourth-order valence-corrected chi connectivity index (χ4v) is 4.93. The van der Waals surface area contributed by atoms with Crippen molar-refractivity contribution in [3.63, 3.8) is 0 Å². The molecule has 1 aromatic rings. The predicted molar refractivity (Wildman–Crippen MR) is 84.9 cm³/mol. The minimum absolute atomic E-state index is 0.513. The van der Waals surface area contributed by atoms with Crippen molar-refractivity contribution >= 4 is 17.3 Å². The third kappa shape index (κ3) is 2.18. The van der Waals surface area contributed by atoms with E-state index in [-0.39, 0.29) is 0 Å². The number of hydrogen-bond acceptors (Lipinski definition) is 3. The summed E-state index contributed by atoms with van der Waals surface area (Å²) in [5.41, 5.74) is 2.67. The van der Waals surface area contributed by atoms with Crippen molar-refractivity contribution in [3.05, 3.63) is 34.9 Å². The summed E-state index contributed by atoms with van der Waals surface area (Å²) in [5, 5.41) is 5.19. The van der Waals surface area contributed by atoms with Gasteiger partial charge in [0.1, 0.15) is 7.11 Å². The summed E-state index contributed by atoms with van der Waals surface area (Å²) in [5.74, 6) is 1.07. The van der Waals surface area contributed by atoms with Crippen LogP contribution in [0.2, 0.25) is 5.02 Å². The van der Waals surface area contributed by atoms with E-state index in [1.807, 2.05) is 12.1 Å². The minimum Gasteiger partial charge on any atom is -0.399 e. The summed E-state index contributed by atoms with van der Waals surface area (Å²) in [6.45, 7) is 1.15. The van der Waals surface area contributed by atoms with E-state index in [0.717, 1.165) is 24.0 Å². The number of piperidine rings is 2. The van der Waals surface area contributed by atoms with Crippen LogP contribution in [0.3, 0.4) is 0 Å². The number of halogens is 1. The molecule has 0 aliphatic carbocycles. The summed E-state index contributed by atoms with van der Waals surface area (Å²) < 4.78 is 0. The van der Waals surface area contributed by atoms with Gasteiger partial charge in [0.2, 0.25) is 0 Å². The molecule has 3 heterocycles. The van der Waals surface area contributed by atoms with Gasteiger partial charge in [0.25, 0.3) is 0 Å². The van der Waals surface area contributed by atoms with E-state index >= 15 is 0 Å². The summed E-state index contributed by atoms with van der Waals surface area (Å²) in [7, 11) is 1.66. The Morgan fingerprint density at radius 3 is 2.81 bits per heavy atom. The van der Waals surface area contributed by atoms with Gasteiger partial charge in [0.05, 0.1) is 5.71 Å². The second-order valence-electron chi connectivity index (χ2n) is 6.47. The van der Waals surface area contributed by atoms with Crippen molar-refractivity contribution in [3.8, 4) is 0 Å². The Hall–Kier alpha value is -1.06. The molecule has 0 aromatic heterocycles. The number of hydrogen-bond donors (Lipinski definition) is 0. The van der Waals surface area contributed by atoms with Crippen LogP contribution >= 0.6 is 11.6 Å². The number of nitrogens with zero attached hydrogens (tertiary/aromatic N) is 2. The zero-order valence-corrected chi connectivity index (χ0v) is 13.1. The van der Waals surface area contributed by atoms with Gasteiger partial charge in [-0.2, -0.15) is 0 Å². The average molecular weight is 305 g/mol. The Kier molecular flexibility index (Phi) is 3.43. The van der Waals surface area contributed by atoms with Gasteiger partial charge < -0.3 is 4.84 Å². The molecule has 3 fully saturated rings. The van der Waals surface area contributed by atoms with Gasteiger partial charge >= 0.3 is 0 Å². The first kappa shape index (κ1) is 13.6. The zero-order valence-electron chi connectivity index (χ0n) is 12.3. The molecule has 21 heavy (non-hydrogen) atoms. The lowest BCUT2D eigenvalue weighted by atomic mass is 9.71. The van der Waals surface area contributed by atoms with Gasteiger partial charge in [-0.3, -0.25) is 4.90 Å². The Morgan fingerprint density at radius 2 is 2.05 bits per heavy atom. The van der Waals surface area contributed by atoms with Gasteiger partial charge in [-0.1, -0.05) is 28.9 Å². The maximum Gasteiger partial charge on any atom is 0.106 e. The molecule has 3 aliphatic heterocycles. The lowest BCUT2D eigenvalue weighted by Gasteiger charge is -2.48. The van der Waals surface area contributed by atoms with Crippen molar-refractivity contribution in [1.29, 1.82) is 0 Å². The van der Waals surface area contributed by atoms with Crippen LogP contribution in [-0.4, -0.2) is 36.3 Å². The maximum atomic E-state index is 6.05. The van der Waals surface area contributed by atoms with E-state index in [2.05, 4.69) is 22.2 Å². The van der Waals surface area contributed by atoms with Crippen LogP contribution in [-0.2, 0) is 4.84 Å². The molecule has 0 N–H and O–H groups in total. The highest BCUT2D eigenvalue weighted by atomic mass is 35.5. The van der Waals surface area contributed by atoms with Gasteiger partial charge in [-0.25, -0.2) is 0 Å². The molecule has 1 aromatic carbocycles. The molecule has 4 bridgehead atoms. The third-order valence-electron chi connectivity index (χ3n) is 5.58. The molecule has 0 amide bonds. The Labute approximate surface area is 130 Å². The molecule has 3 nitrogen and oxygen atoms in total. The number of benzene rings is 1. The van der Waals surface area contributed by atoms with E-state index in [1.54, 1.807) is 7.11 Å². The first-order valence-electron chi connectivity index (χ1n) is 7.89.